The zero-order chi connectivity index (χ0) is 12.1. The van der Waals surface area contributed by atoms with E-state index in [9.17, 15) is 0 Å². The van der Waals surface area contributed by atoms with Gasteiger partial charge in [-0.2, -0.15) is 0 Å². The molecule has 0 aromatic carbocycles. The van der Waals surface area contributed by atoms with E-state index in [0.717, 1.165) is 15.1 Å². The Morgan fingerprint density at radius 2 is 2.18 bits per heavy atom. The van der Waals surface area contributed by atoms with Gasteiger partial charge in [0, 0.05) is 12.3 Å². The molecule has 0 atom stereocenters. The quantitative estimate of drug-likeness (QED) is 0.866. The van der Waals surface area contributed by atoms with E-state index in [0.29, 0.717) is 12.5 Å². The van der Waals surface area contributed by atoms with E-state index in [1.54, 1.807) is 12.4 Å². The molecule has 5 nitrogen and oxygen atoms in total. The van der Waals surface area contributed by atoms with E-state index in [1.165, 1.54) is 6.33 Å². The maximum absolute atomic E-state index is 5.27. The summed E-state index contributed by atoms with van der Waals surface area (Å²) in [5.74, 6) is 1.39. The molecule has 0 saturated carbocycles. The number of hydrogen-bond donors (Lipinski definition) is 1. The molecule has 6 heteroatoms. The molecule has 2 aromatic rings. The minimum absolute atomic E-state index is 0.615. The average molecular weight is 342 g/mol. The number of halogens is 1. The van der Waals surface area contributed by atoms with Gasteiger partial charge >= 0.3 is 0 Å². The van der Waals surface area contributed by atoms with Gasteiger partial charge in [0.2, 0.25) is 5.88 Å². The second-order valence-corrected chi connectivity index (χ2v) is 4.32. The molecular weight excluding hydrogens is 331 g/mol. The number of rotatable bonds is 4. The van der Waals surface area contributed by atoms with E-state index in [2.05, 4.69) is 42.9 Å². The van der Waals surface area contributed by atoms with E-state index >= 15 is 0 Å². The van der Waals surface area contributed by atoms with Gasteiger partial charge in [0.25, 0.3) is 0 Å². The van der Waals surface area contributed by atoms with Crippen LogP contribution in [-0.4, -0.2) is 21.6 Å². The second-order valence-electron chi connectivity index (χ2n) is 3.16. The number of ether oxygens (including phenoxy) is 1. The smallest absolute Gasteiger partial charge is 0.213 e. The Morgan fingerprint density at radius 3 is 2.82 bits per heavy atom. The molecule has 2 aromatic heterocycles. The third-order valence-electron chi connectivity index (χ3n) is 1.96. The van der Waals surface area contributed by atoms with Crippen LogP contribution >= 0.6 is 22.6 Å². The van der Waals surface area contributed by atoms with Gasteiger partial charge in [-0.1, -0.05) is 0 Å². The average Bonchev–Trinajstić information content (AvgIpc) is 2.35. The normalized spacial score (nSPS) is 10.0. The molecule has 0 amide bonds. The monoisotopic (exact) mass is 342 g/mol. The van der Waals surface area contributed by atoms with Gasteiger partial charge in [-0.3, -0.25) is 0 Å². The fourth-order valence-corrected chi connectivity index (χ4v) is 1.66. The Balaban J connectivity index is 2.11. The fourth-order valence-electron chi connectivity index (χ4n) is 1.23. The summed E-state index contributed by atoms with van der Waals surface area (Å²) in [5, 5.41) is 3.16. The number of nitrogens with zero attached hydrogens (tertiary/aromatic N) is 3. The molecule has 0 aliphatic rings. The van der Waals surface area contributed by atoms with Crippen LogP contribution in [0.2, 0.25) is 0 Å². The van der Waals surface area contributed by atoms with Crippen LogP contribution in [0, 0.1) is 3.57 Å². The molecule has 0 spiro atoms. The van der Waals surface area contributed by atoms with Crippen molar-refractivity contribution in [2.75, 3.05) is 11.9 Å². The molecule has 0 aliphatic heterocycles. The molecule has 0 bridgehead atoms. The SMILES string of the molecule is CCOc1ccc(Nc2ncncc2I)cn1. The number of pyridine rings is 1. The summed E-state index contributed by atoms with van der Waals surface area (Å²) in [4.78, 5) is 12.2. The van der Waals surface area contributed by atoms with Gasteiger partial charge < -0.3 is 10.1 Å². The van der Waals surface area contributed by atoms with Crippen molar-refractivity contribution < 1.29 is 4.74 Å². The summed E-state index contributed by atoms with van der Waals surface area (Å²) < 4.78 is 6.23. The topological polar surface area (TPSA) is 59.9 Å². The van der Waals surface area contributed by atoms with Crippen LogP contribution in [0.5, 0.6) is 5.88 Å². The molecule has 0 fully saturated rings. The largest absolute Gasteiger partial charge is 0.478 e. The summed E-state index contributed by atoms with van der Waals surface area (Å²) in [6.45, 7) is 2.54. The molecule has 0 radical (unpaired) electrons. The van der Waals surface area contributed by atoms with Crippen molar-refractivity contribution >= 4 is 34.1 Å². The molecule has 0 aliphatic carbocycles. The third kappa shape index (κ3) is 3.26. The minimum atomic E-state index is 0.615. The van der Waals surface area contributed by atoms with Gasteiger partial charge in [0.05, 0.1) is 22.1 Å². The number of nitrogens with one attached hydrogen (secondary N) is 1. The second kappa shape index (κ2) is 5.76. The Hall–Kier alpha value is -1.44. The highest BCUT2D eigenvalue weighted by Crippen LogP contribution is 2.19. The minimum Gasteiger partial charge on any atom is -0.478 e. The lowest BCUT2D eigenvalue weighted by Gasteiger charge is -2.07. The standard InChI is InChI=1S/C11H11IN4O/c1-2-17-10-4-3-8(5-14-10)16-11-9(12)6-13-7-15-11/h3-7H,2H2,1H3,(H,13,15,16). The van der Waals surface area contributed by atoms with Crippen molar-refractivity contribution in [1.82, 2.24) is 15.0 Å². The zero-order valence-corrected chi connectivity index (χ0v) is 11.4. The van der Waals surface area contributed by atoms with Gasteiger partial charge in [-0.05, 0) is 35.6 Å². The van der Waals surface area contributed by atoms with E-state index < -0.39 is 0 Å². The Bertz CT molecular complexity index is 489. The summed E-state index contributed by atoms with van der Waals surface area (Å²) in [7, 11) is 0. The van der Waals surface area contributed by atoms with Crippen LogP contribution in [0.3, 0.4) is 0 Å². The molecule has 2 heterocycles. The van der Waals surface area contributed by atoms with Crippen LogP contribution in [0.4, 0.5) is 11.5 Å². The lowest BCUT2D eigenvalue weighted by Crippen LogP contribution is -1.98. The zero-order valence-electron chi connectivity index (χ0n) is 9.22. The van der Waals surface area contributed by atoms with Crippen molar-refractivity contribution in [2.45, 2.75) is 6.92 Å². The number of anilines is 2. The molecular formula is C11H11IN4O. The molecule has 88 valence electrons. The van der Waals surface area contributed by atoms with Gasteiger partial charge in [-0.25, -0.2) is 15.0 Å². The first kappa shape index (κ1) is 12.0. The van der Waals surface area contributed by atoms with Gasteiger partial charge in [0.1, 0.15) is 12.1 Å². The van der Waals surface area contributed by atoms with E-state index in [4.69, 9.17) is 4.74 Å². The van der Waals surface area contributed by atoms with Crippen LogP contribution < -0.4 is 10.1 Å². The van der Waals surface area contributed by atoms with Crippen molar-refractivity contribution in [1.29, 1.82) is 0 Å². The predicted molar refractivity (Wildman–Crippen MR) is 73.4 cm³/mol. The fraction of sp³-hybridized carbons (Fsp3) is 0.182. The first-order valence-corrected chi connectivity index (χ1v) is 6.19. The van der Waals surface area contributed by atoms with E-state index in [1.807, 2.05) is 19.1 Å². The van der Waals surface area contributed by atoms with Crippen molar-refractivity contribution in [3.05, 3.63) is 34.4 Å². The van der Waals surface area contributed by atoms with Crippen LogP contribution in [0.25, 0.3) is 0 Å². The molecule has 0 saturated heterocycles. The lowest BCUT2D eigenvalue weighted by atomic mass is 10.4. The molecule has 0 unspecified atom stereocenters. The highest BCUT2D eigenvalue weighted by atomic mass is 127. The highest BCUT2D eigenvalue weighted by molar-refractivity contribution is 14.1. The van der Waals surface area contributed by atoms with Crippen LogP contribution in [0.15, 0.2) is 30.9 Å². The highest BCUT2D eigenvalue weighted by Gasteiger charge is 2.01. The third-order valence-corrected chi connectivity index (χ3v) is 2.75. The van der Waals surface area contributed by atoms with Gasteiger partial charge in [-0.15, -0.1) is 0 Å². The Labute approximate surface area is 113 Å². The maximum Gasteiger partial charge on any atom is 0.213 e. The molecule has 1 N–H and O–H groups in total. The van der Waals surface area contributed by atoms with Crippen LogP contribution in [0.1, 0.15) is 6.92 Å². The van der Waals surface area contributed by atoms with Crippen molar-refractivity contribution in [3.63, 3.8) is 0 Å². The van der Waals surface area contributed by atoms with Crippen LogP contribution in [-0.2, 0) is 0 Å². The maximum atomic E-state index is 5.27. The van der Waals surface area contributed by atoms with Crippen molar-refractivity contribution in [3.8, 4) is 5.88 Å². The number of aromatic nitrogens is 3. The van der Waals surface area contributed by atoms with Gasteiger partial charge in [0.15, 0.2) is 0 Å². The summed E-state index contributed by atoms with van der Waals surface area (Å²) >= 11 is 2.17. The summed E-state index contributed by atoms with van der Waals surface area (Å²) in [6, 6.07) is 3.72. The Kier molecular flexibility index (Phi) is 4.08. The predicted octanol–water partition coefficient (Wildman–Crippen LogP) is 2.62. The number of hydrogen-bond acceptors (Lipinski definition) is 5. The summed E-state index contributed by atoms with van der Waals surface area (Å²) in [6.07, 6.45) is 4.97. The lowest BCUT2D eigenvalue weighted by molar-refractivity contribution is 0.327. The summed E-state index contributed by atoms with van der Waals surface area (Å²) in [5.41, 5.74) is 0.866. The molecule has 2 rings (SSSR count). The first-order valence-electron chi connectivity index (χ1n) is 5.11. The van der Waals surface area contributed by atoms with Crippen molar-refractivity contribution in [2.24, 2.45) is 0 Å². The first-order chi connectivity index (χ1) is 8.29. The molecule has 17 heavy (non-hydrogen) atoms. The van der Waals surface area contributed by atoms with E-state index in [-0.39, 0.29) is 0 Å². The Morgan fingerprint density at radius 1 is 1.29 bits per heavy atom.